The standard InChI is InChI=1S/C9H12ClNO4S2/c1-2-7-11-17(14,15)9-6-4-3-5-8(9)16(10,12)13/h3-6,11H,2,7H2,1H3. The normalized spacial score (nSPS) is 12.6. The van der Waals surface area contributed by atoms with Gasteiger partial charge in [-0.25, -0.2) is 21.6 Å². The van der Waals surface area contributed by atoms with Crippen molar-refractivity contribution in [2.75, 3.05) is 6.54 Å². The molecule has 0 amide bonds. The Hall–Kier alpha value is -0.630. The molecule has 0 aliphatic rings. The quantitative estimate of drug-likeness (QED) is 0.831. The zero-order valence-electron chi connectivity index (χ0n) is 9.05. The molecule has 0 unspecified atom stereocenters. The van der Waals surface area contributed by atoms with Crippen molar-refractivity contribution in [3.63, 3.8) is 0 Å². The number of rotatable bonds is 5. The number of hydrogen-bond donors (Lipinski definition) is 1. The third-order valence-corrected chi connectivity index (χ3v) is 4.97. The summed E-state index contributed by atoms with van der Waals surface area (Å²) in [6, 6.07) is 5.20. The average Bonchev–Trinajstić information content (AvgIpc) is 2.25. The maximum Gasteiger partial charge on any atom is 0.262 e. The molecule has 0 aromatic heterocycles. The fraction of sp³-hybridized carbons (Fsp3) is 0.333. The Morgan fingerprint density at radius 3 is 2.12 bits per heavy atom. The number of halogens is 1. The molecule has 0 fully saturated rings. The first-order chi connectivity index (χ1) is 7.79. The Kier molecular flexibility index (Phi) is 4.54. The highest BCUT2D eigenvalue weighted by Crippen LogP contribution is 2.23. The number of nitrogens with one attached hydrogen (secondary N) is 1. The molecule has 0 atom stereocenters. The van der Waals surface area contributed by atoms with E-state index in [1.807, 2.05) is 0 Å². The molecule has 5 nitrogen and oxygen atoms in total. The molecular weight excluding hydrogens is 286 g/mol. The molecule has 17 heavy (non-hydrogen) atoms. The van der Waals surface area contributed by atoms with Crippen LogP contribution in [0.1, 0.15) is 13.3 Å². The molecule has 1 aromatic rings. The van der Waals surface area contributed by atoms with Gasteiger partial charge in [0.1, 0.15) is 9.79 Å². The van der Waals surface area contributed by atoms with Crippen LogP contribution in [-0.4, -0.2) is 23.4 Å². The van der Waals surface area contributed by atoms with E-state index in [1.54, 1.807) is 6.92 Å². The van der Waals surface area contributed by atoms with Gasteiger partial charge in [-0.05, 0) is 18.6 Å². The summed E-state index contributed by atoms with van der Waals surface area (Å²) in [4.78, 5) is -0.742. The summed E-state index contributed by atoms with van der Waals surface area (Å²) in [6.07, 6.45) is 0.606. The molecule has 0 saturated heterocycles. The van der Waals surface area contributed by atoms with Gasteiger partial charge < -0.3 is 0 Å². The lowest BCUT2D eigenvalue weighted by Gasteiger charge is -2.08. The lowest BCUT2D eigenvalue weighted by molar-refractivity contribution is 0.575. The van der Waals surface area contributed by atoms with Gasteiger partial charge in [0.15, 0.2) is 0 Å². The lowest BCUT2D eigenvalue weighted by Crippen LogP contribution is -2.25. The summed E-state index contributed by atoms with van der Waals surface area (Å²) >= 11 is 0. The van der Waals surface area contributed by atoms with E-state index in [0.717, 1.165) is 6.07 Å². The van der Waals surface area contributed by atoms with E-state index in [1.165, 1.54) is 18.2 Å². The van der Waals surface area contributed by atoms with E-state index >= 15 is 0 Å². The molecule has 1 N–H and O–H groups in total. The molecule has 96 valence electrons. The third kappa shape index (κ3) is 3.67. The predicted octanol–water partition coefficient (Wildman–Crippen LogP) is 1.30. The van der Waals surface area contributed by atoms with Gasteiger partial charge in [-0.2, -0.15) is 0 Å². The zero-order valence-corrected chi connectivity index (χ0v) is 11.4. The van der Waals surface area contributed by atoms with Crippen LogP contribution in [0.5, 0.6) is 0 Å². The lowest BCUT2D eigenvalue weighted by atomic mass is 10.4. The van der Waals surface area contributed by atoms with E-state index in [4.69, 9.17) is 10.7 Å². The maximum atomic E-state index is 11.8. The average molecular weight is 298 g/mol. The molecule has 1 aromatic carbocycles. The first-order valence-electron chi connectivity index (χ1n) is 4.82. The molecule has 8 heteroatoms. The summed E-state index contributed by atoms with van der Waals surface area (Å²) in [7, 11) is -2.75. The van der Waals surface area contributed by atoms with Crippen molar-refractivity contribution in [3.8, 4) is 0 Å². The first-order valence-corrected chi connectivity index (χ1v) is 8.61. The van der Waals surface area contributed by atoms with Crippen molar-refractivity contribution in [3.05, 3.63) is 24.3 Å². The highest BCUT2D eigenvalue weighted by molar-refractivity contribution is 8.14. The molecule has 0 radical (unpaired) electrons. The molecule has 0 bridgehead atoms. The van der Waals surface area contributed by atoms with E-state index in [-0.39, 0.29) is 11.4 Å². The van der Waals surface area contributed by atoms with Crippen molar-refractivity contribution in [2.45, 2.75) is 23.1 Å². The van der Waals surface area contributed by atoms with Crippen LogP contribution in [0, 0.1) is 0 Å². The van der Waals surface area contributed by atoms with Crippen LogP contribution in [0.2, 0.25) is 0 Å². The van der Waals surface area contributed by atoms with Crippen LogP contribution >= 0.6 is 10.7 Å². The van der Waals surface area contributed by atoms with Gasteiger partial charge in [0.25, 0.3) is 9.05 Å². The SMILES string of the molecule is CCCNS(=O)(=O)c1ccccc1S(=O)(=O)Cl. The van der Waals surface area contributed by atoms with Gasteiger partial charge in [-0.1, -0.05) is 19.1 Å². The fourth-order valence-electron chi connectivity index (χ4n) is 1.19. The van der Waals surface area contributed by atoms with E-state index in [2.05, 4.69) is 4.72 Å². The Balaban J connectivity index is 3.33. The van der Waals surface area contributed by atoms with Gasteiger partial charge in [-0.15, -0.1) is 0 Å². The van der Waals surface area contributed by atoms with Gasteiger partial charge in [0, 0.05) is 17.2 Å². The minimum Gasteiger partial charge on any atom is -0.211 e. The number of hydrogen-bond acceptors (Lipinski definition) is 4. The van der Waals surface area contributed by atoms with Gasteiger partial charge in [0.2, 0.25) is 10.0 Å². The fourth-order valence-corrected chi connectivity index (χ4v) is 4.16. The second kappa shape index (κ2) is 5.34. The van der Waals surface area contributed by atoms with Crippen LogP contribution in [0.25, 0.3) is 0 Å². The molecular formula is C9H12ClNO4S2. The summed E-state index contributed by atoms with van der Waals surface area (Å²) in [5.74, 6) is 0. The largest absolute Gasteiger partial charge is 0.262 e. The minimum atomic E-state index is -4.09. The van der Waals surface area contributed by atoms with Gasteiger partial charge in [-0.3, -0.25) is 0 Å². The first kappa shape index (κ1) is 14.4. The second-order valence-corrected chi connectivity index (χ2v) is 7.55. The highest BCUT2D eigenvalue weighted by Gasteiger charge is 2.24. The Bertz CT molecular complexity index is 595. The minimum absolute atomic E-state index is 0.235. The molecule has 0 spiro atoms. The maximum absolute atomic E-state index is 11.8. The second-order valence-electron chi connectivity index (χ2n) is 3.28. The van der Waals surface area contributed by atoms with Crippen LogP contribution < -0.4 is 4.72 Å². The van der Waals surface area contributed by atoms with E-state index < -0.39 is 24.0 Å². The van der Waals surface area contributed by atoms with E-state index in [0.29, 0.717) is 6.42 Å². The van der Waals surface area contributed by atoms with Crippen molar-refractivity contribution in [1.29, 1.82) is 0 Å². The molecule has 0 aliphatic heterocycles. The smallest absolute Gasteiger partial charge is 0.211 e. The number of benzene rings is 1. The molecule has 0 saturated carbocycles. The predicted molar refractivity (Wildman–Crippen MR) is 65.0 cm³/mol. The topological polar surface area (TPSA) is 80.3 Å². The Labute approximate surface area is 105 Å². The van der Waals surface area contributed by atoms with Crippen molar-refractivity contribution in [1.82, 2.24) is 4.72 Å². The van der Waals surface area contributed by atoms with Crippen molar-refractivity contribution < 1.29 is 16.8 Å². The summed E-state index contributed by atoms with van der Waals surface area (Å²) in [5, 5.41) is 0. The summed E-state index contributed by atoms with van der Waals surface area (Å²) in [5.41, 5.74) is 0. The van der Waals surface area contributed by atoms with Crippen LogP contribution in [0.15, 0.2) is 34.1 Å². The Morgan fingerprint density at radius 1 is 1.12 bits per heavy atom. The zero-order chi connectivity index (χ0) is 13.1. The van der Waals surface area contributed by atoms with Crippen LogP contribution in [-0.2, 0) is 19.1 Å². The third-order valence-electron chi connectivity index (χ3n) is 1.94. The van der Waals surface area contributed by atoms with Crippen molar-refractivity contribution in [2.24, 2.45) is 0 Å². The number of sulfonamides is 1. The van der Waals surface area contributed by atoms with E-state index in [9.17, 15) is 16.8 Å². The Morgan fingerprint density at radius 2 is 1.65 bits per heavy atom. The highest BCUT2D eigenvalue weighted by atomic mass is 35.7. The molecule has 0 aliphatic carbocycles. The monoisotopic (exact) mass is 297 g/mol. The molecule has 1 rings (SSSR count). The molecule has 0 heterocycles. The summed E-state index contributed by atoms with van der Waals surface area (Å²) < 4.78 is 48.4. The van der Waals surface area contributed by atoms with Crippen LogP contribution in [0.3, 0.4) is 0 Å². The van der Waals surface area contributed by atoms with Gasteiger partial charge >= 0.3 is 0 Å². The summed E-state index contributed by atoms with van der Waals surface area (Å²) in [6.45, 7) is 2.03. The van der Waals surface area contributed by atoms with Crippen molar-refractivity contribution >= 4 is 29.8 Å². The van der Waals surface area contributed by atoms with Crippen LogP contribution in [0.4, 0.5) is 0 Å². The van der Waals surface area contributed by atoms with Gasteiger partial charge in [0.05, 0.1) is 0 Å².